The second kappa shape index (κ2) is 11.8. The SMILES string of the molecule is CCOP(=O)(OCC)C(NCCc1ccccc1)C(=O)OCc1ccccc1. The Labute approximate surface area is 166 Å². The molecule has 7 heteroatoms. The van der Waals surface area contributed by atoms with Gasteiger partial charge in [0.25, 0.3) is 0 Å². The molecule has 28 heavy (non-hydrogen) atoms. The lowest BCUT2D eigenvalue weighted by molar-refractivity contribution is -0.145. The predicted molar refractivity (Wildman–Crippen MR) is 109 cm³/mol. The fraction of sp³-hybridized carbons (Fsp3) is 0.381. The highest BCUT2D eigenvalue weighted by Gasteiger charge is 2.42. The molecule has 1 atom stereocenters. The zero-order valence-electron chi connectivity index (χ0n) is 16.4. The van der Waals surface area contributed by atoms with Crippen LogP contribution in [-0.4, -0.2) is 31.5 Å². The molecule has 2 aromatic rings. The molecule has 6 nitrogen and oxygen atoms in total. The molecular weight excluding hydrogens is 377 g/mol. The third-order valence-electron chi connectivity index (χ3n) is 3.98. The molecule has 0 aromatic heterocycles. The third kappa shape index (κ3) is 6.88. The van der Waals surface area contributed by atoms with E-state index < -0.39 is 19.3 Å². The van der Waals surface area contributed by atoms with Gasteiger partial charge in [-0.1, -0.05) is 60.7 Å². The van der Waals surface area contributed by atoms with Crippen molar-refractivity contribution in [1.29, 1.82) is 0 Å². The molecule has 1 N–H and O–H groups in total. The van der Waals surface area contributed by atoms with Crippen molar-refractivity contribution in [1.82, 2.24) is 5.32 Å². The molecule has 0 aliphatic heterocycles. The van der Waals surface area contributed by atoms with Crippen LogP contribution in [0.2, 0.25) is 0 Å². The lowest BCUT2D eigenvalue weighted by atomic mass is 10.1. The zero-order valence-corrected chi connectivity index (χ0v) is 17.3. The normalized spacial score (nSPS) is 12.5. The summed E-state index contributed by atoms with van der Waals surface area (Å²) < 4.78 is 29.4. The van der Waals surface area contributed by atoms with Crippen LogP contribution in [-0.2, 0) is 36.2 Å². The number of hydrogen-bond acceptors (Lipinski definition) is 6. The van der Waals surface area contributed by atoms with E-state index in [9.17, 15) is 9.36 Å². The average Bonchev–Trinajstić information content (AvgIpc) is 2.71. The number of carbonyl (C=O) groups is 1. The van der Waals surface area contributed by atoms with Crippen molar-refractivity contribution in [2.75, 3.05) is 19.8 Å². The number of nitrogens with one attached hydrogen (secondary N) is 1. The van der Waals surface area contributed by atoms with Crippen molar-refractivity contribution < 1.29 is 23.1 Å². The molecule has 152 valence electrons. The van der Waals surface area contributed by atoms with Crippen LogP contribution in [0.25, 0.3) is 0 Å². The van der Waals surface area contributed by atoms with Gasteiger partial charge in [-0.3, -0.25) is 9.88 Å². The minimum atomic E-state index is -3.71. The molecule has 2 aromatic carbocycles. The van der Waals surface area contributed by atoms with E-state index in [-0.39, 0.29) is 19.8 Å². The molecule has 0 aliphatic rings. The number of esters is 1. The van der Waals surface area contributed by atoms with E-state index in [2.05, 4.69) is 5.32 Å². The number of ether oxygens (including phenoxy) is 1. The summed E-state index contributed by atoms with van der Waals surface area (Å²) in [7, 11) is -3.71. The Balaban J connectivity index is 2.07. The van der Waals surface area contributed by atoms with Crippen LogP contribution in [0.3, 0.4) is 0 Å². The first-order valence-corrected chi connectivity index (χ1v) is 11.1. The maximum Gasteiger partial charge on any atom is 0.358 e. The monoisotopic (exact) mass is 405 g/mol. The standard InChI is InChI=1S/C21H28NO5P/c1-3-26-28(24,27-4-2)20(22-16-15-18-11-7-5-8-12-18)21(23)25-17-19-13-9-6-10-14-19/h5-14,20,22H,3-4,15-17H2,1-2H3. The van der Waals surface area contributed by atoms with E-state index in [1.807, 2.05) is 60.7 Å². The Hall–Kier alpha value is -1.98. The molecule has 1 unspecified atom stereocenters. The molecular formula is C21H28NO5P. The second-order valence-electron chi connectivity index (χ2n) is 6.06. The van der Waals surface area contributed by atoms with Gasteiger partial charge in [0.15, 0.2) is 0 Å². The minimum absolute atomic E-state index is 0.0921. The zero-order chi connectivity index (χ0) is 20.2. The van der Waals surface area contributed by atoms with E-state index in [0.717, 1.165) is 11.1 Å². The van der Waals surface area contributed by atoms with Gasteiger partial charge in [0.05, 0.1) is 13.2 Å². The Bertz CT molecular complexity index is 744. The number of rotatable bonds is 12. The Morgan fingerprint density at radius 2 is 1.46 bits per heavy atom. The summed E-state index contributed by atoms with van der Waals surface area (Å²) >= 11 is 0. The van der Waals surface area contributed by atoms with Crippen LogP contribution in [0.1, 0.15) is 25.0 Å². The summed E-state index contributed by atoms with van der Waals surface area (Å²) in [6.45, 7) is 4.28. The van der Waals surface area contributed by atoms with Gasteiger partial charge in [-0.2, -0.15) is 0 Å². The summed E-state index contributed by atoms with van der Waals surface area (Å²) in [6.07, 6.45) is 0.668. The van der Waals surface area contributed by atoms with Gasteiger partial charge in [-0.05, 0) is 31.4 Å². The largest absolute Gasteiger partial charge is 0.459 e. The van der Waals surface area contributed by atoms with Crippen molar-refractivity contribution in [2.45, 2.75) is 32.7 Å². The van der Waals surface area contributed by atoms with Crippen LogP contribution in [0.15, 0.2) is 60.7 Å². The average molecular weight is 405 g/mol. The van der Waals surface area contributed by atoms with Crippen molar-refractivity contribution in [3.05, 3.63) is 71.8 Å². The minimum Gasteiger partial charge on any atom is -0.459 e. The fourth-order valence-corrected chi connectivity index (χ4v) is 4.45. The summed E-state index contributed by atoms with van der Waals surface area (Å²) in [6, 6.07) is 19.2. The predicted octanol–water partition coefficient (Wildman–Crippen LogP) is 4.15. The van der Waals surface area contributed by atoms with Crippen molar-refractivity contribution in [3.8, 4) is 0 Å². The molecule has 0 bridgehead atoms. The van der Waals surface area contributed by atoms with Gasteiger partial charge in [0.2, 0.25) is 5.78 Å². The Morgan fingerprint density at radius 3 is 2.00 bits per heavy atom. The van der Waals surface area contributed by atoms with Crippen molar-refractivity contribution >= 4 is 13.6 Å². The highest BCUT2D eigenvalue weighted by atomic mass is 31.2. The summed E-state index contributed by atoms with van der Waals surface area (Å²) in [5, 5.41) is 3.03. The second-order valence-corrected chi connectivity index (χ2v) is 8.17. The molecule has 0 radical (unpaired) electrons. The van der Waals surface area contributed by atoms with Crippen LogP contribution in [0.5, 0.6) is 0 Å². The number of carbonyl (C=O) groups excluding carboxylic acids is 1. The first-order chi connectivity index (χ1) is 13.6. The molecule has 0 aliphatic carbocycles. The van der Waals surface area contributed by atoms with Gasteiger partial charge < -0.3 is 13.8 Å². The lowest BCUT2D eigenvalue weighted by Crippen LogP contribution is -2.40. The quantitative estimate of drug-likeness (QED) is 0.422. The van der Waals surface area contributed by atoms with Gasteiger partial charge in [0, 0.05) is 6.54 Å². The van der Waals surface area contributed by atoms with Crippen LogP contribution in [0.4, 0.5) is 0 Å². The third-order valence-corrected chi connectivity index (χ3v) is 6.24. The van der Waals surface area contributed by atoms with Crippen LogP contribution >= 0.6 is 7.60 Å². The summed E-state index contributed by atoms with van der Waals surface area (Å²) in [5.41, 5.74) is 1.95. The molecule has 0 amide bonds. The van der Waals surface area contributed by atoms with E-state index in [4.69, 9.17) is 13.8 Å². The topological polar surface area (TPSA) is 73.9 Å². The molecule has 0 heterocycles. The van der Waals surface area contributed by atoms with Gasteiger partial charge in [-0.25, -0.2) is 4.79 Å². The maximum absolute atomic E-state index is 13.2. The summed E-state index contributed by atoms with van der Waals surface area (Å²) in [5.74, 6) is -1.83. The number of hydrogen-bond donors (Lipinski definition) is 1. The molecule has 0 fully saturated rings. The number of benzene rings is 2. The smallest absolute Gasteiger partial charge is 0.358 e. The van der Waals surface area contributed by atoms with E-state index in [1.165, 1.54) is 0 Å². The van der Waals surface area contributed by atoms with Gasteiger partial charge >= 0.3 is 13.6 Å². The molecule has 0 saturated heterocycles. The highest BCUT2D eigenvalue weighted by Crippen LogP contribution is 2.52. The van der Waals surface area contributed by atoms with Gasteiger partial charge in [-0.15, -0.1) is 0 Å². The van der Waals surface area contributed by atoms with Crippen LogP contribution in [0, 0.1) is 0 Å². The Morgan fingerprint density at radius 1 is 0.929 bits per heavy atom. The lowest BCUT2D eigenvalue weighted by Gasteiger charge is -2.25. The Kier molecular flexibility index (Phi) is 9.38. The van der Waals surface area contributed by atoms with E-state index in [1.54, 1.807) is 13.8 Å². The molecule has 0 spiro atoms. The first kappa shape index (κ1) is 22.3. The first-order valence-electron chi connectivity index (χ1n) is 9.45. The van der Waals surface area contributed by atoms with E-state index in [0.29, 0.717) is 13.0 Å². The molecule has 0 saturated carbocycles. The van der Waals surface area contributed by atoms with Crippen molar-refractivity contribution in [3.63, 3.8) is 0 Å². The molecule has 2 rings (SSSR count). The summed E-state index contributed by atoms with van der Waals surface area (Å²) in [4.78, 5) is 12.7. The highest BCUT2D eigenvalue weighted by molar-refractivity contribution is 7.55. The van der Waals surface area contributed by atoms with Crippen molar-refractivity contribution in [2.24, 2.45) is 0 Å². The van der Waals surface area contributed by atoms with Crippen LogP contribution < -0.4 is 5.32 Å². The van der Waals surface area contributed by atoms with E-state index >= 15 is 0 Å². The van der Waals surface area contributed by atoms with Gasteiger partial charge in [0.1, 0.15) is 6.61 Å². The fourth-order valence-electron chi connectivity index (χ4n) is 2.68. The maximum atomic E-state index is 13.2.